The molecular formula is C19H18N2O3S2. The van der Waals surface area contributed by atoms with Crippen molar-refractivity contribution >= 4 is 45.2 Å². The highest BCUT2D eigenvalue weighted by Crippen LogP contribution is 2.29. The molecule has 0 saturated heterocycles. The second kappa shape index (κ2) is 8.33. The summed E-state index contributed by atoms with van der Waals surface area (Å²) >= 11 is 3.06. The number of fused-ring (bicyclic) bond motifs is 1. The molecule has 134 valence electrons. The Morgan fingerprint density at radius 1 is 1.15 bits per heavy atom. The van der Waals surface area contributed by atoms with E-state index in [1.165, 1.54) is 18.9 Å². The van der Waals surface area contributed by atoms with E-state index in [2.05, 4.69) is 9.72 Å². The SMILES string of the molecule is COC(=O)c1ccc(CN(C)C(=O)CSc2nc3ccccc3s2)cc1. The lowest BCUT2D eigenvalue weighted by molar-refractivity contribution is -0.127. The van der Waals surface area contributed by atoms with E-state index in [1.807, 2.05) is 36.4 Å². The zero-order chi connectivity index (χ0) is 18.5. The number of nitrogens with zero attached hydrogens (tertiary/aromatic N) is 2. The molecule has 0 spiro atoms. The van der Waals surface area contributed by atoms with Crippen molar-refractivity contribution in [2.45, 2.75) is 10.9 Å². The van der Waals surface area contributed by atoms with Gasteiger partial charge in [-0.3, -0.25) is 4.79 Å². The molecule has 0 fully saturated rings. The number of hydrogen-bond acceptors (Lipinski definition) is 6. The summed E-state index contributed by atoms with van der Waals surface area (Å²) in [5.74, 6) is 0.0100. The largest absolute Gasteiger partial charge is 0.465 e. The van der Waals surface area contributed by atoms with Gasteiger partial charge in [0.05, 0.1) is 28.6 Å². The number of ether oxygens (including phenoxy) is 1. The van der Waals surface area contributed by atoms with Crippen LogP contribution in [-0.2, 0) is 16.1 Å². The summed E-state index contributed by atoms with van der Waals surface area (Å²) in [7, 11) is 3.13. The highest BCUT2D eigenvalue weighted by molar-refractivity contribution is 8.01. The Bertz CT molecular complexity index is 889. The van der Waals surface area contributed by atoms with Crippen LogP contribution < -0.4 is 0 Å². The van der Waals surface area contributed by atoms with Crippen LogP contribution in [0.4, 0.5) is 0 Å². The minimum absolute atomic E-state index is 0.0336. The molecule has 3 rings (SSSR count). The number of carbonyl (C=O) groups is 2. The van der Waals surface area contributed by atoms with Gasteiger partial charge in [0.15, 0.2) is 4.34 Å². The molecule has 0 unspecified atom stereocenters. The van der Waals surface area contributed by atoms with Crippen LogP contribution >= 0.6 is 23.1 Å². The fourth-order valence-electron chi connectivity index (χ4n) is 2.37. The van der Waals surface area contributed by atoms with E-state index in [9.17, 15) is 9.59 Å². The van der Waals surface area contributed by atoms with Gasteiger partial charge in [-0.15, -0.1) is 11.3 Å². The first-order valence-electron chi connectivity index (χ1n) is 7.96. The van der Waals surface area contributed by atoms with Crippen LogP contribution in [0.2, 0.25) is 0 Å². The van der Waals surface area contributed by atoms with E-state index in [0.29, 0.717) is 17.9 Å². The van der Waals surface area contributed by atoms with Crippen LogP contribution in [0, 0.1) is 0 Å². The fraction of sp³-hybridized carbons (Fsp3) is 0.211. The second-order valence-corrected chi connectivity index (χ2v) is 7.93. The third-order valence-electron chi connectivity index (χ3n) is 3.81. The Balaban J connectivity index is 1.55. The smallest absolute Gasteiger partial charge is 0.337 e. The van der Waals surface area contributed by atoms with Gasteiger partial charge in [-0.2, -0.15) is 0 Å². The van der Waals surface area contributed by atoms with Crippen LogP contribution in [0.15, 0.2) is 52.9 Å². The van der Waals surface area contributed by atoms with E-state index in [4.69, 9.17) is 0 Å². The number of carbonyl (C=O) groups excluding carboxylic acids is 2. The van der Waals surface area contributed by atoms with Crippen molar-refractivity contribution in [2.24, 2.45) is 0 Å². The lowest BCUT2D eigenvalue weighted by atomic mass is 10.1. The van der Waals surface area contributed by atoms with Gasteiger partial charge in [0.25, 0.3) is 0 Å². The number of methoxy groups -OCH3 is 1. The Morgan fingerprint density at radius 2 is 1.88 bits per heavy atom. The Kier molecular flexibility index (Phi) is 5.90. The molecule has 1 heterocycles. The maximum atomic E-state index is 12.4. The number of benzene rings is 2. The first-order valence-corrected chi connectivity index (χ1v) is 9.76. The summed E-state index contributed by atoms with van der Waals surface area (Å²) in [6, 6.07) is 15.0. The zero-order valence-electron chi connectivity index (χ0n) is 14.5. The summed E-state index contributed by atoms with van der Waals surface area (Å²) in [6.07, 6.45) is 0. The summed E-state index contributed by atoms with van der Waals surface area (Å²) in [6.45, 7) is 0.487. The predicted molar refractivity (Wildman–Crippen MR) is 105 cm³/mol. The van der Waals surface area contributed by atoms with Crippen molar-refractivity contribution in [2.75, 3.05) is 19.9 Å². The molecule has 0 bridgehead atoms. The van der Waals surface area contributed by atoms with E-state index < -0.39 is 0 Å². The summed E-state index contributed by atoms with van der Waals surface area (Å²) in [4.78, 5) is 30.0. The van der Waals surface area contributed by atoms with Gasteiger partial charge in [-0.05, 0) is 29.8 Å². The fourth-order valence-corrected chi connectivity index (χ4v) is 4.38. The Morgan fingerprint density at radius 3 is 2.58 bits per heavy atom. The normalized spacial score (nSPS) is 10.7. The van der Waals surface area contributed by atoms with E-state index in [0.717, 1.165) is 20.1 Å². The maximum Gasteiger partial charge on any atom is 0.337 e. The summed E-state index contributed by atoms with van der Waals surface area (Å²) in [5.41, 5.74) is 2.42. The first-order chi connectivity index (χ1) is 12.6. The lowest BCUT2D eigenvalue weighted by Gasteiger charge is -2.17. The number of hydrogen-bond donors (Lipinski definition) is 0. The van der Waals surface area contributed by atoms with Gasteiger partial charge in [0, 0.05) is 13.6 Å². The van der Waals surface area contributed by atoms with Gasteiger partial charge in [-0.1, -0.05) is 36.0 Å². The topological polar surface area (TPSA) is 59.5 Å². The molecule has 3 aromatic rings. The van der Waals surface area contributed by atoms with Crippen LogP contribution in [0.25, 0.3) is 10.2 Å². The molecule has 0 aliphatic carbocycles. The molecule has 2 aromatic carbocycles. The molecular weight excluding hydrogens is 368 g/mol. The molecule has 0 atom stereocenters. The molecule has 1 aromatic heterocycles. The lowest BCUT2D eigenvalue weighted by Crippen LogP contribution is -2.27. The predicted octanol–water partition coefficient (Wildman–Crippen LogP) is 3.83. The number of aromatic nitrogens is 1. The second-order valence-electron chi connectivity index (χ2n) is 5.67. The monoisotopic (exact) mass is 386 g/mol. The third kappa shape index (κ3) is 4.42. The van der Waals surface area contributed by atoms with Crippen molar-refractivity contribution in [1.29, 1.82) is 0 Å². The molecule has 0 aliphatic heterocycles. The molecule has 26 heavy (non-hydrogen) atoms. The average molecular weight is 386 g/mol. The van der Waals surface area contributed by atoms with Crippen molar-refractivity contribution < 1.29 is 14.3 Å². The minimum atomic E-state index is -0.367. The van der Waals surface area contributed by atoms with Crippen LogP contribution in [0.3, 0.4) is 0 Å². The number of esters is 1. The molecule has 1 amide bonds. The van der Waals surface area contributed by atoms with Crippen LogP contribution in [0.5, 0.6) is 0 Å². The van der Waals surface area contributed by atoms with Gasteiger partial charge >= 0.3 is 5.97 Å². The van der Waals surface area contributed by atoms with Crippen molar-refractivity contribution in [3.8, 4) is 0 Å². The van der Waals surface area contributed by atoms with E-state index in [1.54, 1.807) is 35.4 Å². The van der Waals surface area contributed by atoms with Crippen molar-refractivity contribution in [3.63, 3.8) is 0 Å². The van der Waals surface area contributed by atoms with Crippen molar-refractivity contribution in [3.05, 3.63) is 59.7 Å². The molecule has 0 N–H and O–H groups in total. The first kappa shape index (κ1) is 18.4. The highest BCUT2D eigenvalue weighted by Gasteiger charge is 2.13. The zero-order valence-corrected chi connectivity index (χ0v) is 16.1. The molecule has 0 aliphatic rings. The van der Waals surface area contributed by atoms with Gasteiger partial charge in [0.2, 0.25) is 5.91 Å². The van der Waals surface area contributed by atoms with Crippen molar-refractivity contribution in [1.82, 2.24) is 9.88 Å². The minimum Gasteiger partial charge on any atom is -0.465 e. The van der Waals surface area contributed by atoms with Gasteiger partial charge in [-0.25, -0.2) is 9.78 Å². The van der Waals surface area contributed by atoms with Gasteiger partial charge in [0.1, 0.15) is 0 Å². The quantitative estimate of drug-likeness (QED) is 0.476. The summed E-state index contributed by atoms with van der Waals surface area (Å²) < 4.78 is 6.70. The number of thiazole rings is 1. The van der Waals surface area contributed by atoms with E-state index in [-0.39, 0.29) is 11.9 Å². The molecule has 7 heteroatoms. The number of amides is 1. The third-order valence-corrected chi connectivity index (χ3v) is 5.98. The number of rotatable bonds is 6. The van der Waals surface area contributed by atoms with Crippen LogP contribution in [0.1, 0.15) is 15.9 Å². The Hall–Kier alpha value is -2.38. The molecule has 0 saturated carbocycles. The summed E-state index contributed by atoms with van der Waals surface area (Å²) in [5, 5.41) is 0. The Labute approximate surface area is 160 Å². The maximum absolute atomic E-state index is 12.4. The molecule has 0 radical (unpaired) electrons. The number of thioether (sulfide) groups is 1. The number of para-hydroxylation sites is 1. The highest BCUT2D eigenvalue weighted by atomic mass is 32.2. The standard InChI is InChI=1S/C19H18N2O3S2/c1-21(11-13-7-9-14(10-8-13)18(23)24-2)17(22)12-25-19-20-15-5-3-4-6-16(15)26-19/h3-10H,11-12H2,1-2H3. The molecule has 5 nitrogen and oxygen atoms in total. The van der Waals surface area contributed by atoms with E-state index >= 15 is 0 Å². The van der Waals surface area contributed by atoms with Crippen LogP contribution in [-0.4, -0.2) is 41.7 Å². The average Bonchev–Trinajstić information content (AvgIpc) is 3.09. The van der Waals surface area contributed by atoms with Gasteiger partial charge < -0.3 is 9.64 Å².